The highest BCUT2D eigenvalue weighted by Gasteiger charge is 2.25. The predicted octanol–water partition coefficient (Wildman–Crippen LogP) is 3.59. The van der Waals surface area contributed by atoms with Crippen LogP contribution < -0.4 is 5.32 Å². The molecule has 0 spiro atoms. The molecule has 0 radical (unpaired) electrons. The van der Waals surface area contributed by atoms with E-state index in [0.717, 1.165) is 17.3 Å². The van der Waals surface area contributed by atoms with Crippen LogP contribution in [0.3, 0.4) is 0 Å². The summed E-state index contributed by atoms with van der Waals surface area (Å²) in [5, 5.41) is 3.17. The lowest BCUT2D eigenvalue weighted by atomic mass is 10.1. The fourth-order valence-corrected chi connectivity index (χ4v) is 2.95. The maximum atomic E-state index is 11.9. The summed E-state index contributed by atoms with van der Waals surface area (Å²) in [6.45, 7) is 0.680. The van der Waals surface area contributed by atoms with E-state index >= 15 is 0 Å². The Kier molecular flexibility index (Phi) is 4.46. The first kappa shape index (κ1) is 12.9. The topological polar surface area (TPSA) is 29.1 Å². The Bertz CT molecular complexity index is 410. The number of carbonyl (C=O) groups excluding carboxylic acids is 1. The molecule has 0 aromatic heterocycles. The Morgan fingerprint density at radius 2 is 2.29 bits per heavy atom. The minimum atomic E-state index is -0.0259. The van der Waals surface area contributed by atoms with Gasteiger partial charge in [-0.25, -0.2) is 0 Å². The first-order valence-corrected chi connectivity index (χ1v) is 7.07. The van der Waals surface area contributed by atoms with Gasteiger partial charge in [-0.2, -0.15) is 0 Å². The molecule has 0 heterocycles. The summed E-state index contributed by atoms with van der Waals surface area (Å²) in [5.74, 6) is 0.398. The van der Waals surface area contributed by atoms with E-state index in [1.54, 1.807) is 0 Å². The molecule has 1 saturated carbocycles. The number of rotatable bonds is 3. The Balaban J connectivity index is 1.89. The van der Waals surface area contributed by atoms with Crippen LogP contribution >= 0.6 is 27.5 Å². The van der Waals surface area contributed by atoms with Gasteiger partial charge in [0.1, 0.15) is 0 Å². The normalized spacial score (nSPS) is 23.6. The van der Waals surface area contributed by atoms with Crippen LogP contribution in [0.1, 0.15) is 29.6 Å². The van der Waals surface area contributed by atoms with Gasteiger partial charge >= 0.3 is 0 Å². The Morgan fingerprint density at radius 3 is 2.94 bits per heavy atom. The quantitative estimate of drug-likeness (QED) is 0.848. The first-order chi connectivity index (χ1) is 8.16. The van der Waals surface area contributed by atoms with E-state index in [2.05, 4.69) is 21.2 Å². The van der Waals surface area contributed by atoms with E-state index in [4.69, 9.17) is 11.6 Å². The van der Waals surface area contributed by atoms with Crippen molar-refractivity contribution in [2.75, 3.05) is 6.54 Å². The first-order valence-electron chi connectivity index (χ1n) is 5.84. The molecule has 2 unspecified atom stereocenters. The molecular formula is C13H15BrClNO. The summed E-state index contributed by atoms with van der Waals surface area (Å²) in [4.78, 5) is 11.9. The molecule has 1 amide bonds. The number of halogens is 2. The fourth-order valence-electron chi connectivity index (χ4n) is 2.18. The summed E-state index contributed by atoms with van der Waals surface area (Å²) >= 11 is 9.53. The van der Waals surface area contributed by atoms with Gasteiger partial charge in [-0.3, -0.25) is 4.79 Å². The zero-order valence-electron chi connectivity index (χ0n) is 9.46. The van der Waals surface area contributed by atoms with Gasteiger partial charge in [0, 0.05) is 22.0 Å². The zero-order valence-corrected chi connectivity index (χ0v) is 11.8. The number of benzene rings is 1. The Morgan fingerprint density at radius 1 is 1.47 bits per heavy atom. The van der Waals surface area contributed by atoms with Crippen molar-refractivity contribution >= 4 is 33.4 Å². The van der Waals surface area contributed by atoms with E-state index in [1.807, 2.05) is 24.3 Å². The van der Waals surface area contributed by atoms with Gasteiger partial charge in [0.2, 0.25) is 0 Å². The third-order valence-corrected chi connectivity index (χ3v) is 4.25. The van der Waals surface area contributed by atoms with E-state index in [-0.39, 0.29) is 11.3 Å². The largest absolute Gasteiger partial charge is 0.352 e. The minimum Gasteiger partial charge on any atom is -0.352 e. The second-order valence-corrected chi connectivity index (χ2v) is 5.90. The summed E-state index contributed by atoms with van der Waals surface area (Å²) in [5.41, 5.74) is 0.684. The van der Waals surface area contributed by atoms with Crippen molar-refractivity contribution in [1.29, 1.82) is 0 Å². The minimum absolute atomic E-state index is 0.0259. The van der Waals surface area contributed by atoms with Gasteiger partial charge in [-0.15, -0.1) is 11.6 Å². The summed E-state index contributed by atoms with van der Waals surface area (Å²) in [6, 6.07) is 7.40. The molecule has 0 bridgehead atoms. The lowest BCUT2D eigenvalue weighted by Gasteiger charge is -2.14. The molecular weight excluding hydrogens is 302 g/mol. The van der Waals surface area contributed by atoms with Crippen LogP contribution in [0.2, 0.25) is 0 Å². The molecule has 1 N–H and O–H groups in total. The Labute approximate surface area is 115 Å². The van der Waals surface area contributed by atoms with Crippen molar-refractivity contribution in [2.24, 2.45) is 5.92 Å². The highest BCUT2D eigenvalue weighted by molar-refractivity contribution is 9.10. The van der Waals surface area contributed by atoms with Gasteiger partial charge < -0.3 is 5.32 Å². The molecule has 2 atom stereocenters. The summed E-state index contributed by atoms with van der Waals surface area (Å²) in [7, 11) is 0. The number of carbonyl (C=O) groups is 1. The van der Waals surface area contributed by atoms with Crippen LogP contribution in [-0.4, -0.2) is 17.8 Å². The number of amides is 1. The van der Waals surface area contributed by atoms with Crippen molar-refractivity contribution in [3.05, 3.63) is 34.3 Å². The van der Waals surface area contributed by atoms with E-state index in [9.17, 15) is 4.79 Å². The van der Waals surface area contributed by atoms with E-state index < -0.39 is 0 Å². The SMILES string of the molecule is O=C(NCC1CCCC1Cl)c1cccc(Br)c1. The molecule has 0 saturated heterocycles. The molecule has 4 heteroatoms. The average molecular weight is 317 g/mol. The van der Waals surface area contributed by atoms with E-state index in [0.29, 0.717) is 18.0 Å². The molecule has 1 aliphatic rings. The van der Waals surface area contributed by atoms with Crippen LogP contribution in [0, 0.1) is 5.92 Å². The third kappa shape index (κ3) is 3.46. The molecule has 1 aromatic carbocycles. The van der Waals surface area contributed by atoms with Crippen molar-refractivity contribution in [3.63, 3.8) is 0 Å². The summed E-state index contributed by atoms with van der Waals surface area (Å²) < 4.78 is 0.918. The molecule has 1 aromatic rings. The average Bonchev–Trinajstić information content (AvgIpc) is 2.72. The van der Waals surface area contributed by atoms with Gasteiger partial charge in [0.25, 0.3) is 5.91 Å². The molecule has 2 rings (SSSR count). The maximum Gasteiger partial charge on any atom is 0.251 e. The monoisotopic (exact) mass is 315 g/mol. The zero-order chi connectivity index (χ0) is 12.3. The van der Waals surface area contributed by atoms with Gasteiger partial charge in [-0.05, 0) is 37.0 Å². The van der Waals surface area contributed by atoms with E-state index in [1.165, 1.54) is 6.42 Å². The van der Waals surface area contributed by atoms with Crippen LogP contribution in [0.5, 0.6) is 0 Å². The third-order valence-electron chi connectivity index (χ3n) is 3.18. The maximum absolute atomic E-state index is 11.9. The lowest BCUT2D eigenvalue weighted by Crippen LogP contribution is -2.31. The predicted molar refractivity (Wildman–Crippen MR) is 73.5 cm³/mol. The number of alkyl halides is 1. The number of nitrogens with one attached hydrogen (secondary N) is 1. The lowest BCUT2D eigenvalue weighted by molar-refractivity contribution is 0.0947. The smallest absolute Gasteiger partial charge is 0.251 e. The van der Waals surface area contributed by atoms with Gasteiger partial charge in [0.05, 0.1) is 0 Å². The molecule has 17 heavy (non-hydrogen) atoms. The van der Waals surface area contributed by atoms with Crippen LogP contribution in [0.15, 0.2) is 28.7 Å². The van der Waals surface area contributed by atoms with Crippen molar-refractivity contribution in [3.8, 4) is 0 Å². The highest BCUT2D eigenvalue weighted by Crippen LogP contribution is 2.29. The molecule has 2 nitrogen and oxygen atoms in total. The van der Waals surface area contributed by atoms with Crippen LogP contribution in [-0.2, 0) is 0 Å². The second-order valence-electron chi connectivity index (χ2n) is 4.43. The summed E-state index contributed by atoms with van der Waals surface area (Å²) in [6.07, 6.45) is 3.36. The fraction of sp³-hybridized carbons (Fsp3) is 0.462. The van der Waals surface area contributed by atoms with Crippen molar-refractivity contribution < 1.29 is 4.79 Å². The molecule has 1 fully saturated rings. The highest BCUT2D eigenvalue weighted by atomic mass is 79.9. The second kappa shape index (κ2) is 5.87. The van der Waals surface area contributed by atoms with Gasteiger partial charge in [0.15, 0.2) is 0 Å². The van der Waals surface area contributed by atoms with Crippen LogP contribution in [0.25, 0.3) is 0 Å². The van der Waals surface area contributed by atoms with Crippen molar-refractivity contribution in [2.45, 2.75) is 24.6 Å². The number of hydrogen-bond acceptors (Lipinski definition) is 1. The van der Waals surface area contributed by atoms with Crippen LogP contribution in [0.4, 0.5) is 0 Å². The number of hydrogen-bond donors (Lipinski definition) is 1. The molecule has 92 valence electrons. The molecule has 0 aliphatic heterocycles. The standard InChI is InChI=1S/C13H15BrClNO/c14-11-5-1-3-9(7-11)13(17)16-8-10-4-2-6-12(10)15/h1,3,5,7,10,12H,2,4,6,8H2,(H,16,17). The van der Waals surface area contributed by atoms with Crippen molar-refractivity contribution in [1.82, 2.24) is 5.32 Å². The Hall–Kier alpha value is -0.540. The molecule has 1 aliphatic carbocycles. The van der Waals surface area contributed by atoms with Gasteiger partial charge in [-0.1, -0.05) is 28.4 Å².